The Morgan fingerprint density at radius 2 is 2.10 bits per heavy atom. The predicted molar refractivity (Wildman–Crippen MR) is 112 cm³/mol. The van der Waals surface area contributed by atoms with Gasteiger partial charge < -0.3 is 9.72 Å². The summed E-state index contributed by atoms with van der Waals surface area (Å²) in [6, 6.07) is 12.8. The number of nitrogens with zero attached hydrogens (tertiary/aromatic N) is 3. The number of aromatic nitrogens is 4. The Labute approximate surface area is 170 Å². The SMILES string of the molecule is COC(=O)c1ccc2c(=O)[nH]c(CSc3nccn3-c3cccc(C)c3)nc2c1. The smallest absolute Gasteiger partial charge is 0.337 e. The van der Waals surface area contributed by atoms with Crippen LogP contribution < -0.4 is 5.56 Å². The molecule has 0 spiro atoms. The maximum atomic E-state index is 12.4. The monoisotopic (exact) mass is 406 g/mol. The molecule has 0 unspecified atom stereocenters. The van der Waals surface area contributed by atoms with Gasteiger partial charge in [0.1, 0.15) is 5.82 Å². The molecule has 0 radical (unpaired) electrons. The maximum absolute atomic E-state index is 12.4. The van der Waals surface area contributed by atoms with E-state index < -0.39 is 5.97 Å². The van der Waals surface area contributed by atoms with Gasteiger partial charge in [0, 0.05) is 18.1 Å². The van der Waals surface area contributed by atoms with E-state index in [1.54, 1.807) is 24.4 Å². The van der Waals surface area contributed by atoms with E-state index in [-0.39, 0.29) is 5.56 Å². The first-order chi connectivity index (χ1) is 14.0. The van der Waals surface area contributed by atoms with Crippen LogP contribution in [-0.2, 0) is 10.5 Å². The highest BCUT2D eigenvalue weighted by Gasteiger charge is 2.11. The third kappa shape index (κ3) is 3.93. The molecule has 7 nitrogen and oxygen atoms in total. The second-order valence-electron chi connectivity index (χ2n) is 6.44. The lowest BCUT2D eigenvalue weighted by atomic mass is 10.1. The van der Waals surface area contributed by atoms with Crippen molar-refractivity contribution in [1.29, 1.82) is 0 Å². The predicted octanol–water partition coefficient (Wildman–Crippen LogP) is 3.50. The van der Waals surface area contributed by atoms with Crippen LogP contribution in [0.3, 0.4) is 0 Å². The molecule has 0 aliphatic rings. The van der Waals surface area contributed by atoms with Gasteiger partial charge in [-0.1, -0.05) is 23.9 Å². The molecule has 0 aliphatic heterocycles. The van der Waals surface area contributed by atoms with Gasteiger partial charge >= 0.3 is 5.97 Å². The van der Waals surface area contributed by atoms with Gasteiger partial charge in [0.05, 0.1) is 29.3 Å². The van der Waals surface area contributed by atoms with Crippen molar-refractivity contribution >= 4 is 28.6 Å². The molecule has 2 heterocycles. The lowest BCUT2D eigenvalue weighted by molar-refractivity contribution is 0.0601. The number of nitrogens with one attached hydrogen (secondary N) is 1. The summed E-state index contributed by atoms with van der Waals surface area (Å²) in [5.41, 5.74) is 2.74. The second-order valence-corrected chi connectivity index (χ2v) is 7.39. The standard InChI is InChI=1S/C21H18N4O3S/c1-13-4-3-5-15(10-13)25-9-8-22-21(25)29-12-18-23-17-11-14(20(27)28-2)6-7-16(17)19(26)24-18/h3-11H,12H2,1-2H3,(H,23,24,26). The topological polar surface area (TPSA) is 89.9 Å². The molecule has 0 atom stereocenters. The van der Waals surface area contributed by atoms with Crippen molar-refractivity contribution < 1.29 is 9.53 Å². The summed E-state index contributed by atoms with van der Waals surface area (Å²) >= 11 is 1.47. The highest BCUT2D eigenvalue weighted by molar-refractivity contribution is 7.98. The molecule has 0 bridgehead atoms. The molecular formula is C21H18N4O3S. The normalized spacial score (nSPS) is 11.0. The number of ether oxygens (including phenoxy) is 1. The fourth-order valence-corrected chi connectivity index (χ4v) is 3.85. The Morgan fingerprint density at radius 1 is 1.24 bits per heavy atom. The highest BCUT2D eigenvalue weighted by atomic mass is 32.2. The van der Waals surface area contributed by atoms with Crippen LogP contribution in [0.2, 0.25) is 0 Å². The minimum Gasteiger partial charge on any atom is -0.465 e. The zero-order valence-corrected chi connectivity index (χ0v) is 16.7. The fourth-order valence-electron chi connectivity index (χ4n) is 3.00. The largest absolute Gasteiger partial charge is 0.465 e. The van der Waals surface area contributed by atoms with Gasteiger partial charge in [0.2, 0.25) is 0 Å². The number of thioether (sulfide) groups is 1. The Balaban J connectivity index is 1.62. The van der Waals surface area contributed by atoms with Crippen LogP contribution in [0.5, 0.6) is 0 Å². The number of aryl methyl sites for hydroxylation is 1. The van der Waals surface area contributed by atoms with Gasteiger partial charge in [0.15, 0.2) is 5.16 Å². The van der Waals surface area contributed by atoms with E-state index >= 15 is 0 Å². The van der Waals surface area contributed by atoms with Gasteiger partial charge in [-0.05, 0) is 42.8 Å². The van der Waals surface area contributed by atoms with Crippen LogP contribution >= 0.6 is 11.8 Å². The summed E-state index contributed by atoms with van der Waals surface area (Å²) in [5, 5.41) is 1.22. The van der Waals surface area contributed by atoms with Crippen molar-refractivity contribution in [2.45, 2.75) is 17.8 Å². The first kappa shape index (κ1) is 18.9. The van der Waals surface area contributed by atoms with Crippen molar-refractivity contribution in [2.24, 2.45) is 0 Å². The van der Waals surface area contributed by atoms with Gasteiger partial charge in [-0.3, -0.25) is 9.36 Å². The molecule has 1 N–H and O–H groups in total. The summed E-state index contributed by atoms with van der Waals surface area (Å²) in [5.74, 6) is 0.467. The van der Waals surface area contributed by atoms with Crippen molar-refractivity contribution in [3.8, 4) is 5.69 Å². The molecule has 2 aromatic carbocycles. The Morgan fingerprint density at radius 3 is 2.90 bits per heavy atom. The number of esters is 1. The fraction of sp³-hybridized carbons (Fsp3) is 0.143. The van der Waals surface area contributed by atoms with Crippen LogP contribution in [0.25, 0.3) is 16.6 Å². The third-order valence-electron chi connectivity index (χ3n) is 4.40. The Hall–Kier alpha value is -3.39. The molecule has 0 saturated heterocycles. The number of methoxy groups -OCH3 is 1. The molecule has 0 saturated carbocycles. The average Bonchev–Trinajstić information content (AvgIpc) is 3.20. The van der Waals surface area contributed by atoms with Crippen LogP contribution in [0, 0.1) is 6.92 Å². The van der Waals surface area contributed by atoms with E-state index in [0.717, 1.165) is 16.4 Å². The molecule has 2 aromatic heterocycles. The summed E-state index contributed by atoms with van der Waals surface area (Å²) < 4.78 is 6.73. The molecule has 0 amide bonds. The zero-order valence-electron chi connectivity index (χ0n) is 15.9. The minimum absolute atomic E-state index is 0.246. The third-order valence-corrected chi connectivity index (χ3v) is 5.38. The van der Waals surface area contributed by atoms with Crippen LogP contribution in [0.4, 0.5) is 0 Å². The van der Waals surface area contributed by atoms with E-state index in [1.165, 1.54) is 18.9 Å². The number of benzene rings is 2. The van der Waals surface area contributed by atoms with Gasteiger partial charge in [-0.2, -0.15) is 0 Å². The summed E-state index contributed by atoms with van der Waals surface area (Å²) in [4.78, 5) is 35.9. The molecule has 0 aliphatic carbocycles. The van der Waals surface area contributed by atoms with Crippen LogP contribution in [0.15, 0.2) is 64.8 Å². The van der Waals surface area contributed by atoms with Gasteiger partial charge in [-0.25, -0.2) is 14.8 Å². The van der Waals surface area contributed by atoms with E-state index in [4.69, 9.17) is 4.74 Å². The summed E-state index contributed by atoms with van der Waals surface area (Å²) in [6.45, 7) is 2.04. The van der Waals surface area contributed by atoms with E-state index in [2.05, 4.69) is 21.0 Å². The number of imidazole rings is 1. The average molecular weight is 406 g/mol. The molecule has 4 aromatic rings. The molecule has 146 valence electrons. The van der Waals surface area contributed by atoms with E-state index in [1.807, 2.05) is 35.9 Å². The first-order valence-corrected chi connectivity index (χ1v) is 9.88. The zero-order chi connectivity index (χ0) is 20.4. The van der Waals surface area contributed by atoms with Crippen molar-refractivity contribution in [3.05, 3.63) is 82.2 Å². The number of hydrogen-bond acceptors (Lipinski definition) is 6. The van der Waals surface area contributed by atoms with Crippen LogP contribution in [0.1, 0.15) is 21.7 Å². The van der Waals surface area contributed by atoms with Crippen molar-refractivity contribution in [2.75, 3.05) is 7.11 Å². The van der Waals surface area contributed by atoms with Gasteiger partial charge in [0.25, 0.3) is 5.56 Å². The minimum atomic E-state index is -0.468. The molecule has 0 fully saturated rings. The van der Waals surface area contributed by atoms with E-state index in [9.17, 15) is 9.59 Å². The van der Waals surface area contributed by atoms with Gasteiger partial charge in [-0.15, -0.1) is 0 Å². The van der Waals surface area contributed by atoms with Crippen molar-refractivity contribution in [3.63, 3.8) is 0 Å². The molecule has 29 heavy (non-hydrogen) atoms. The first-order valence-electron chi connectivity index (χ1n) is 8.89. The van der Waals surface area contributed by atoms with E-state index in [0.29, 0.717) is 28.0 Å². The number of rotatable bonds is 5. The maximum Gasteiger partial charge on any atom is 0.337 e. The Kier molecular flexibility index (Phi) is 5.18. The Bertz CT molecular complexity index is 1260. The quantitative estimate of drug-likeness (QED) is 0.403. The number of carbonyl (C=O) groups excluding carboxylic acids is 1. The number of fused-ring (bicyclic) bond motifs is 1. The number of carbonyl (C=O) groups is 1. The number of hydrogen-bond donors (Lipinski definition) is 1. The lowest BCUT2D eigenvalue weighted by Crippen LogP contribution is -2.12. The number of H-pyrrole nitrogens is 1. The summed E-state index contributed by atoms with van der Waals surface area (Å²) in [6.07, 6.45) is 3.64. The molecule has 8 heteroatoms. The molecule has 4 rings (SSSR count). The summed E-state index contributed by atoms with van der Waals surface area (Å²) in [7, 11) is 1.32. The highest BCUT2D eigenvalue weighted by Crippen LogP contribution is 2.24. The lowest BCUT2D eigenvalue weighted by Gasteiger charge is -2.08. The van der Waals surface area contributed by atoms with Crippen molar-refractivity contribution in [1.82, 2.24) is 19.5 Å². The second kappa shape index (κ2) is 7.92. The number of aromatic amines is 1. The molecular weight excluding hydrogens is 388 g/mol. The van der Waals surface area contributed by atoms with Crippen LogP contribution in [-0.4, -0.2) is 32.6 Å².